The molecule has 9 heteroatoms. The molecular weight excluding hydrogens is 419 g/mol. The van der Waals surface area contributed by atoms with Gasteiger partial charge in [0, 0.05) is 49.4 Å². The molecule has 3 aromatic rings. The molecule has 2 aromatic heterocycles. The lowest BCUT2D eigenvalue weighted by atomic mass is 9.92. The minimum atomic E-state index is -3.53. The van der Waals surface area contributed by atoms with Crippen LogP contribution in [0.4, 0.5) is 4.39 Å². The third-order valence-corrected chi connectivity index (χ3v) is 6.49. The number of hydrogen-bond donors (Lipinski definition) is 0. The smallest absolute Gasteiger partial charge is 0.256 e. The molecule has 0 saturated carbocycles. The fourth-order valence-electron chi connectivity index (χ4n) is 3.76. The summed E-state index contributed by atoms with van der Waals surface area (Å²) in [6, 6.07) is 9.47. The van der Waals surface area contributed by atoms with Crippen molar-refractivity contribution in [3.05, 3.63) is 72.1 Å². The van der Waals surface area contributed by atoms with Gasteiger partial charge in [0.2, 0.25) is 0 Å². The van der Waals surface area contributed by atoms with E-state index in [0.29, 0.717) is 43.0 Å². The Morgan fingerprint density at radius 1 is 1.10 bits per heavy atom. The van der Waals surface area contributed by atoms with Crippen molar-refractivity contribution in [2.24, 2.45) is 0 Å². The number of sulfone groups is 1. The van der Waals surface area contributed by atoms with Gasteiger partial charge in [-0.1, -0.05) is 12.1 Å². The van der Waals surface area contributed by atoms with Crippen molar-refractivity contribution in [3.63, 3.8) is 0 Å². The highest BCUT2D eigenvalue weighted by Gasteiger charge is 2.30. The molecule has 0 unspecified atom stereocenters. The number of piperidine rings is 1. The van der Waals surface area contributed by atoms with Crippen molar-refractivity contribution < 1.29 is 17.6 Å². The average Bonchev–Trinajstić information content (AvgIpc) is 2.79. The summed E-state index contributed by atoms with van der Waals surface area (Å²) in [7, 11) is -3.53. The first-order valence-corrected chi connectivity index (χ1v) is 11.7. The SMILES string of the molecule is CS(=O)(=O)c1cnc(-c2cccnc2)nc1C1CCN(C(=O)c2ccccc2F)CC1. The average molecular weight is 441 g/mol. The van der Waals surface area contributed by atoms with Crippen LogP contribution < -0.4 is 0 Å². The normalized spacial score (nSPS) is 15.1. The number of aromatic nitrogens is 3. The highest BCUT2D eigenvalue weighted by molar-refractivity contribution is 7.90. The Kier molecular flexibility index (Phi) is 5.77. The van der Waals surface area contributed by atoms with E-state index < -0.39 is 15.7 Å². The van der Waals surface area contributed by atoms with Gasteiger partial charge in [0.25, 0.3) is 5.91 Å². The molecule has 3 heterocycles. The second-order valence-electron chi connectivity index (χ2n) is 7.50. The van der Waals surface area contributed by atoms with Crippen LogP contribution in [0.3, 0.4) is 0 Å². The van der Waals surface area contributed by atoms with Gasteiger partial charge < -0.3 is 4.90 Å². The van der Waals surface area contributed by atoms with E-state index in [1.54, 1.807) is 35.5 Å². The molecule has 1 aliphatic rings. The summed E-state index contributed by atoms with van der Waals surface area (Å²) >= 11 is 0. The molecule has 0 atom stereocenters. The van der Waals surface area contributed by atoms with Gasteiger partial charge in [-0.2, -0.15) is 0 Å². The van der Waals surface area contributed by atoms with Crippen molar-refractivity contribution >= 4 is 15.7 Å². The van der Waals surface area contributed by atoms with Crippen molar-refractivity contribution in [1.82, 2.24) is 19.9 Å². The minimum absolute atomic E-state index is 0.0404. The van der Waals surface area contributed by atoms with E-state index in [1.165, 1.54) is 18.3 Å². The van der Waals surface area contributed by atoms with Crippen molar-refractivity contribution in [2.75, 3.05) is 19.3 Å². The summed E-state index contributed by atoms with van der Waals surface area (Å²) in [6.45, 7) is 0.764. The number of amides is 1. The number of halogens is 1. The summed E-state index contributed by atoms with van der Waals surface area (Å²) in [6.07, 6.45) is 6.78. The van der Waals surface area contributed by atoms with E-state index in [-0.39, 0.29) is 22.3 Å². The van der Waals surface area contributed by atoms with E-state index in [2.05, 4.69) is 15.0 Å². The second-order valence-corrected chi connectivity index (χ2v) is 9.49. The first kappa shape index (κ1) is 21.0. The Balaban J connectivity index is 1.60. The third kappa shape index (κ3) is 4.46. The lowest BCUT2D eigenvalue weighted by Crippen LogP contribution is -2.38. The molecular formula is C22H21FN4O3S. The Labute approximate surface area is 179 Å². The van der Waals surface area contributed by atoms with Gasteiger partial charge in [-0.3, -0.25) is 9.78 Å². The maximum Gasteiger partial charge on any atom is 0.256 e. The molecule has 0 radical (unpaired) electrons. The summed E-state index contributed by atoms with van der Waals surface area (Å²) in [4.78, 5) is 27.3. The summed E-state index contributed by atoms with van der Waals surface area (Å²) < 4.78 is 38.7. The largest absolute Gasteiger partial charge is 0.339 e. The lowest BCUT2D eigenvalue weighted by molar-refractivity contribution is 0.0706. The molecule has 0 N–H and O–H groups in total. The predicted octanol–water partition coefficient (Wildman–Crippen LogP) is 3.10. The maximum atomic E-state index is 14.0. The molecule has 1 aromatic carbocycles. The number of likely N-dealkylation sites (tertiary alicyclic amines) is 1. The van der Waals surface area contributed by atoms with Crippen LogP contribution in [0, 0.1) is 5.82 Å². The lowest BCUT2D eigenvalue weighted by Gasteiger charge is -2.32. The van der Waals surface area contributed by atoms with Crippen molar-refractivity contribution in [2.45, 2.75) is 23.7 Å². The molecule has 1 saturated heterocycles. The van der Waals surface area contributed by atoms with Crippen LogP contribution in [0.2, 0.25) is 0 Å². The molecule has 1 amide bonds. The number of carbonyl (C=O) groups excluding carboxylic acids is 1. The first-order valence-electron chi connectivity index (χ1n) is 9.86. The fourth-order valence-corrected chi connectivity index (χ4v) is 4.59. The Bertz CT molecular complexity index is 1210. The maximum absolute atomic E-state index is 14.0. The number of hydrogen-bond acceptors (Lipinski definition) is 6. The van der Waals surface area contributed by atoms with E-state index in [4.69, 9.17) is 0 Å². The van der Waals surface area contributed by atoms with Crippen LogP contribution in [0.5, 0.6) is 0 Å². The summed E-state index contributed by atoms with van der Waals surface area (Å²) in [5.41, 5.74) is 1.18. The van der Waals surface area contributed by atoms with Crippen molar-refractivity contribution in [3.8, 4) is 11.4 Å². The Morgan fingerprint density at radius 3 is 2.48 bits per heavy atom. The standard InChI is InChI=1S/C22H21FN4O3S/c1-31(29,30)19-14-25-21(16-5-4-10-24-13-16)26-20(19)15-8-11-27(12-9-15)22(28)17-6-2-3-7-18(17)23/h2-7,10,13-15H,8-9,11-12H2,1H3. The van der Waals surface area contributed by atoms with Crippen LogP contribution in [0.15, 0.2) is 59.9 Å². The van der Waals surface area contributed by atoms with Gasteiger partial charge in [-0.25, -0.2) is 22.8 Å². The van der Waals surface area contributed by atoms with Crippen LogP contribution in [0.1, 0.15) is 34.8 Å². The van der Waals surface area contributed by atoms with E-state index in [0.717, 1.165) is 6.26 Å². The molecule has 1 aliphatic heterocycles. The van der Waals surface area contributed by atoms with E-state index in [9.17, 15) is 17.6 Å². The molecule has 1 fully saturated rings. The zero-order valence-corrected chi connectivity index (χ0v) is 17.7. The van der Waals surface area contributed by atoms with Crippen LogP contribution in [-0.2, 0) is 9.84 Å². The Morgan fingerprint density at radius 2 is 1.84 bits per heavy atom. The molecule has 0 spiro atoms. The quantitative estimate of drug-likeness (QED) is 0.619. The monoisotopic (exact) mass is 440 g/mol. The van der Waals surface area contributed by atoms with Crippen LogP contribution in [-0.4, -0.2) is 53.5 Å². The van der Waals surface area contributed by atoms with Crippen LogP contribution >= 0.6 is 0 Å². The van der Waals surface area contributed by atoms with Gasteiger partial charge in [-0.05, 0) is 37.1 Å². The molecule has 160 valence electrons. The summed E-state index contributed by atoms with van der Waals surface area (Å²) in [5, 5.41) is 0. The van der Waals surface area contributed by atoms with Gasteiger partial charge >= 0.3 is 0 Å². The van der Waals surface area contributed by atoms with Gasteiger partial charge in [0.05, 0.1) is 11.3 Å². The number of nitrogens with zero attached hydrogens (tertiary/aromatic N) is 4. The second kappa shape index (κ2) is 8.50. The highest BCUT2D eigenvalue weighted by Crippen LogP contribution is 2.32. The molecule has 4 rings (SSSR count). The first-order chi connectivity index (χ1) is 14.8. The Hall–Kier alpha value is -3.20. The van der Waals surface area contributed by atoms with Crippen LogP contribution in [0.25, 0.3) is 11.4 Å². The zero-order valence-electron chi connectivity index (χ0n) is 16.9. The molecule has 31 heavy (non-hydrogen) atoms. The van der Waals surface area contributed by atoms with Gasteiger partial charge in [0.15, 0.2) is 15.7 Å². The molecule has 0 bridgehead atoms. The number of rotatable bonds is 4. The van der Waals surface area contributed by atoms with E-state index >= 15 is 0 Å². The number of carbonyl (C=O) groups is 1. The molecule has 7 nitrogen and oxygen atoms in total. The van der Waals surface area contributed by atoms with Gasteiger partial charge in [-0.15, -0.1) is 0 Å². The minimum Gasteiger partial charge on any atom is -0.339 e. The predicted molar refractivity (Wildman–Crippen MR) is 113 cm³/mol. The topological polar surface area (TPSA) is 93.1 Å². The van der Waals surface area contributed by atoms with E-state index in [1.807, 2.05) is 6.07 Å². The number of benzene rings is 1. The molecule has 0 aliphatic carbocycles. The van der Waals surface area contributed by atoms with Crippen molar-refractivity contribution in [1.29, 1.82) is 0 Å². The summed E-state index contributed by atoms with van der Waals surface area (Å²) in [5.74, 6) is -0.669. The van der Waals surface area contributed by atoms with Gasteiger partial charge in [0.1, 0.15) is 10.7 Å². The third-order valence-electron chi connectivity index (χ3n) is 5.38. The number of pyridine rings is 1. The highest BCUT2D eigenvalue weighted by atomic mass is 32.2. The fraction of sp³-hybridized carbons (Fsp3) is 0.273. The zero-order chi connectivity index (χ0) is 22.0.